The zero-order valence-corrected chi connectivity index (χ0v) is 12.5. The Bertz CT molecular complexity index is 593. The summed E-state index contributed by atoms with van der Waals surface area (Å²) >= 11 is 1.81. The van der Waals surface area contributed by atoms with Gasteiger partial charge in [-0.15, -0.1) is 0 Å². The smallest absolute Gasteiger partial charge is 0.242 e. The summed E-state index contributed by atoms with van der Waals surface area (Å²) in [7, 11) is 0. The topological polar surface area (TPSA) is 59.0 Å². The molecule has 1 saturated heterocycles. The molecule has 2 aromatic rings. The fourth-order valence-electron chi connectivity index (χ4n) is 2.29. The number of anilines is 1. The first-order valence-corrected chi connectivity index (χ1v) is 8.15. The van der Waals surface area contributed by atoms with Crippen LogP contribution in [0.4, 0.5) is 5.69 Å². The maximum absolute atomic E-state index is 12.2. The van der Waals surface area contributed by atoms with E-state index in [0.29, 0.717) is 6.54 Å². The molecule has 1 amide bonds. The minimum atomic E-state index is -0.0986. The molecule has 5 nitrogen and oxygen atoms in total. The van der Waals surface area contributed by atoms with Crippen molar-refractivity contribution in [1.29, 1.82) is 0 Å². The molecular weight excluding hydrogens is 284 g/mol. The molecule has 1 fully saturated rings. The van der Waals surface area contributed by atoms with Crippen molar-refractivity contribution < 1.29 is 4.79 Å². The van der Waals surface area contributed by atoms with Gasteiger partial charge in [-0.05, 0) is 23.8 Å². The lowest BCUT2D eigenvalue weighted by atomic mass is 10.2. The van der Waals surface area contributed by atoms with Crippen molar-refractivity contribution in [3.63, 3.8) is 0 Å². The lowest BCUT2D eigenvalue weighted by Crippen LogP contribution is -2.46. The Morgan fingerprint density at radius 3 is 3.19 bits per heavy atom. The second-order valence-corrected chi connectivity index (χ2v) is 6.12. The molecule has 0 saturated carbocycles. The third-order valence-electron chi connectivity index (χ3n) is 3.34. The Morgan fingerprint density at radius 1 is 1.48 bits per heavy atom. The molecule has 1 atom stereocenters. The van der Waals surface area contributed by atoms with Crippen LogP contribution in [0.15, 0.2) is 42.7 Å². The van der Waals surface area contributed by atoms with Gasteiger partial charge in [0.25, 0.3) is 0 Å². The van der Waals surface area contributed by atoms with Crippen molar-refractivity contribution in [3.8, 4) is 0 Å². The Hall–Kier alpha value is -1.79. The minimum Gasteiger partial charge on any atom is -0.325 e. The maximum atomic E-state index is 12.2. The van der Waals surface area contributed by atoms with Crippen molar-refractivity contribution in [3.05, 3.63) is 48.3 Å². The SMILES string of the molecule is O=C(Nc1cccc(Cn2cccn2)c1)C1CSCCN1. The highest BCUT2D eigenvalue weighted by molar-refractivity contribution is 7.99. The van der Waals surface area contributed by atoms with E-state index in [0.717, 1.165) is 29.3 Å². The molecule has 1 aliphatic rings. The van der Waals surface area contributed by atoms with Crippen molar-refractivity contribution in [2.45, 2.75) is 12.6 Å². The summed E-state index contributed by atoms with van der Waals surface area (Å²) in [6, 6.07) is 9.70. The predicted molar refractivity (Wildman–Crippen MR) is 85.5 cm³/mol. The van der Waals surface area contributed by atoms with Crippen LogP contribution in [0.2, 0.25) is 0 Å². The molecule has 110 valence electrons. The summed E-state index contributed by atoms with van der Waals surface area (Å²) in [4.78, 5) is 12.2. The molecule has 3 rings (SSSR count). The quantitative estimate of drug-likeness (QED) is 0.900. The second-order valence-electron chi connectivity index (χ2n) is 4.97. The van der Waals surface area contributed by atoms with Crippen molar-refractivity contribution >= 4 is 23.4 Å². The fraction of sp³-hybridized carbons (Fsp3) is 0.333. The van der Waals surface area contributed by atoms with E-state index >= 15 is 0 Å². The monoisotopic (exact) mass is 302 g/mol. The number of hydrogen-bond acceptors (Lipinski definition) is 4. The van der Waals surface area contributed by atoms with E-state index in [9.17, 15) is 4.79 Å². The van der Waals surface area contributed by atoms with Crippen molar-refractivity contribution in [2.24, 2.45) is 0 Å². The van der Waals surface area contributed by atoms with E-state index in [1.807, 2.05) is 53.0 Å². The number of carbonyl (C=O) groups excluding carboxylic acids is 1. The van der Waals surface area contributed by atoms with Crippen LogP contribution in [0.1, 0.15) is 5.56 Å². The number of thioether (sulfide) groups is 1. The molecule has 2 N–H and O–H groups in total. The van der Waals surface area contributed by atoms with Crippen LogP contribution < -0.4 is 10.6 Å². The Balaban J connectivity index is 1.63. The Kier molecular flexibility index (Phi) is 4.57. The highest BCUT2D eigenvalue weighted by Crippen LogP contribution is 2.14. The van der Waals surface area contributed by atoms with E-state index in [2.05, 4.69) is 15.7 Å². The summed E-state index contributed by atoms with van der Waals surface area (Å²) in [6.07, 6.45) is 3.69. The van der Waals surface area contributed by atoms with Gasteiger partial charge in [0, 0.05) is 36.1 Å². The van der Waals surface area contributed by atoms with Crippen molar-refractivity contribution in [2.75, 3.05) is 23.4 Å². The van der Waals surface area contributed by atoms with Crippen LogP contribution >= 0.6 is 11.8 Å². The average Bonchev–Trinajstić information content (AvgIpc) is 3.01. The Morgan fingerprint density at radius 2 is 2.43 bits per heavy atom. The van der Waals surface area contributed by atoms with Gasteiger partial charge in [0.05, 0.1) is 12.6 Å². The third-order valence-corrected chi connectivity index (χ3v) is 4.40. The molecule has 0 aliphatic carbocycles. The molecule has 21 heavy (non-hydrogen) atoms. The number of amides is 1. The summed E-state index contributed by atoms with van der Waals surface area (Å²) < 4.78 is 1.86. The maximum Gasteiger partial charge on any atom is 0.242 e. The van der Waals surface area contributed by atoms with E-state index in [1.165, 1.54) is 0 Å². The molecular formula is C15H18N4OS. The summed E-state index contributed by atoms with van der Waals surface area (Å²) in [5, 5.41) is 10.4. The molecule has 2 heterocycles. The number of nitrogens with one attached hydrogen (secondary N) is 2. The zero-order valence-electron chi connectivity index (χ0n) is 11.7. The molecule has 1 aromatic heterocycles. The van der Waals surface area contributed by atoms with Crippen LogP contribution in [0, 0.1) is 0 Å². The average molecular weight is 302 g/mol. The minimum absolute atomic E-state index is 0.0402. The van der Waals surface area contributed by atoms with Crippen LogP contribution in [-0.2, 0) is 11.3 Å². The molecule has 1 aliphatic heterocycles. The molecule has 1 unspecified atom stereocenters. The van der Waals surface area contributed by atoms with Crippen LogP contribution in [0.25, 0.3) is 0 Å². The number of nitrogens with zero attached hydrogens (tertiary/aromatic N) is 2. The second kappa shape index (κ2) is 6.78. The van der Waals surface area contributed by atoms with Crippen molar-refractivity contribution in [1.82, 2.24) is 15.1 Å². The third kappa shape index (κ3) is 3.86. The lowest BCUT2D eigenvalue weighted by molar-refractivity contribution is -0.117. The van der Waals surface area contributed by atoms with Gasteiger partial charge in [-0.1, -0.05) is 12.1 Å². The standard InChI is InChI=1S/C15H18N4OS/c20-15(14-11-21-8-6-16-14)18-13-4-1-3-12(9-13)10-19-7-2-5-17-19/h1-5,7,9,14,16H,6,8,10-11H2,(H,18,20). The molecule has 0 bridgehead atoms. The van der Waals surface area contributed by atoms with Crippen LogP contribution in [-0.4, -0.2) is 39.8 Å². The molecule has 6 heteroatoms. The van der Waals surface area contributed by atoms with Gasteiger partial charge < -0.3 is 10.6 Å². The molecule has 1 aromatic carbocycles. The van der Waals surface area contributed by atoms with Gasteiger partial charge in [0.2, 0.25) is 5.91 Å². The van der Waals surface area contributed by atoms with Gasteiger partial charge in [-0.2, -0.15) is 16.9 Å². The number of aromatic nitrogens is 2. The van der Waals surface area contributed by atoms with Gasteiger partial charge in [0.15, 0.2) is 0 Å². The largest absolute Gasteiger partial charge is 0.325 e. The van der Waals surface area contributed by atoms with Gasteiger partial charge in [-0.3, -0.25) is 9.48 Å². The first-order valence-electron chi connectivity index (χ1n) is 6.99. The number of carbonyl (C=O) groups is 1. The van der Waals surface area contributed by atoms with Gasteiger partial charge in [0.1, 0.15) is 0 Å². The zero-order chi connectivity index (χ0) is 14.5. The molecule has 0 spiro atoms. The highest BCUT2D eigenvalue weighted by Gasteiger charge is 2.20. The number of hydrogen-bond donors (Lipinski definition) is 2. The first-order chi connectivity index (χ1) is 10.3. The normalized spacial score (nSPS) is 18.4. The first kappa shape index (κ1) is 14.2. The van der Waals surface area contributed by atoms with Crippen LogP contribution in [0.5, 0.6) is 0 Å². The van der Waals surface area contributed by atoms with Gasteiger partial charge >= 0.3 is 0 Å². The van der Waals surface area contributed by atoms with Gasteiger partial charge in [-0.25, -0.2) is 0 Å². The molecule has 0 radical (unpaired) electrons. The van der Waals surface area contributed by atoms with E-state index in [-0.39, 0.29) is 11.9 Å². The number of benzene rings is 1. The highest BCUT2D eigenvalue weighted by atomic mass is 32.2. The van der Waals surface area contributed by atoms with E-state index in [4.69, 9.17) is 0 Å². The number of rotatable bonds is 4. The summed E-state index contributed by atoms with van der Waals surface area (Å²) in [5.74, 6) is 1.94. The fourth-order valence-corrected chi connectivity index (χ4v) is 3.23. The predicted octanol–water partition coefficient (Wildman–Crippen LogP) is 1.57. The lowest BCUT2D eigenvalue weighted by Gasteiger charge is -2.22. The van der Waals surface area contributed by atoms with Crippen LogP contribution in [0.3, 0.4) is 0 Å². The summed E-state index contributed by atoms with van der Waals surface area (Å²) in [6.45, 7) is 1.59. The summed E-state index contributed by atoms with van der Waals surface area (Å²) in [5.41, 5.74) is 1.95. The van der Waals surface area contributed by atoms with E-state index in [1.54, 1.807) is 6.20 Å². The Labute approximate surface area is 128 Å². The van der Waals surface area contributed by atoms with E-state index < -0.39 is 0 Å².